The van der Waals surface area contributed by atoms with E-state index in [1.807, 2.05) is 0 Å². The van der Waals surface area contributed by atoms with E-state index in [2.05, 4.69) is 34.2 Å². The lowest BCUT2D eigenvalue weighted by Gasteiger charge is -2.35. The molecule has 1 aliphatic carbocycles. The molecule has 0 aromatic heterocycles. The zero-order chi connectivity index (χ0) is 15.5. The Bertz CT molecular complexity index is 574. The molecule has 0 heterocycles. The van der Waals surface area contributed by atoms with Crippen LogP contribution in [0, 0.1) is 23.1 Å². The molecule has 0 atom stereocenters. The van der Waals surface area contributed by atoms with Crippen LogP contribution in [0.15, 0.2) is 22.7 Å². The topological polar surface area (TPSA) is 52.9 Å². The molecule has 0 unspecified atom stereocenters. The zero-order valence-corrected chi connectivity index (χ0v) is 13.5. The minimum Gasteiger partial charge on any atom is -0.334 e. The second-order valence-electron chi connectivity index (χ2n) is 5.63. The summed E-state index contributed by atoms with van der Waals surface area (Å²) in [7, 11) is 0. The average molecular weight is 353 g/mol. The third kappa shape index (κ3) is 3.62. The minimum absolute atomic E-state index is 0.239. The predicted molar refractivity (Wildman–Crippen MR) is 82.2 cm³/mol. The molecule has 21 heavy (non-hydrogen) atoms. The first kappa shape index (κ1) is 16.0. The third-order valence-corrected chi connectivity index (χ3v) is 4.93. The van der Waals surface area contributed by atoms with Crippen LogP contribution in [-0.4, -0.2) is 11.4 Å². The molecule has 0 spiro atoms. The van der Waals surface area contributed by atoms with Gasteiger partial charge < -0.3 is 5.32 Å². The number of hydrogen-bond acceptors (Lipinski definition) is 2. The van der Waals surface area contributed by atoms with Gasteiger partial charge in [-0.2, -0.15) is 5.26 Å². The number of hydrogen-bond donors (Lipinski definition) is 1. The van der Waals surface area contributed by atoms with E-state index in [9.17, 15) is 14.4 Å². The van der Waals surface area contributed by atoms with Crippen molar-refractivity contribution in [3.05, 3.63) is 34.1 Å². The lowest BCUT2D eigenvalue weighted by atomic mass is 9.76. The average Bonchev–Trinajstić information content (AvgIpc) is 2.50. The molecule has 1 amide bonds. The van der Waals surface area contributed by atoms with Gasteiger partial charge >= 0.3 is 0 Å². The van der Waals surface area contributed by atoms with Gasteiger partial charge in [0.15, 0.2) is 0 Å². The maximum Gasteiger partial charge on any atom is 0.252 e. The number of nitrogens with one attached hydrogen (secondary N) is 1. The van der Waals surface area contributed by atoms with Crippen molar-refractivity contribution in [1.82, 2.24) is 5.32 Å². The second kappa shape index (κ2) is 6.57. The number of rotatable bonds is 3. The van der Waals surface area contributed by atoms with E-state index in [1.165, 1.54) is 12.1 Å². The standard InChI is InChI=1S/C16H18BrFN2O/c1-2-11-5-7-16(10-19,8-6-11)20-15(21)12-3-4-13(17)14(18)9-12/h3-4,9,11H,2,5-8H2,1H3,(H,20,21). The highest BCUT2D eigenvalue weighted by Crippen LogP contribution is 2.33. The third-order valence-electron chi connectivity index (χ3n) is 4.28. The summed E-state index contributed by atoms with van der Waals surface area (Å²) >= 11 is 3.06. The molecule has 2 rings (SSSR count). The first-order valence-electron chi connectivity index (χ1n) is 7.18. The van der Waals surface area contributed by atoms with E-state index in [4.69, 9.17) is 0 Å². The molecule has 1 fully saturated rings. The van der Waals surface area contributed by atoms with Gasteiger partial charge in [-0.15, -0.1) is 0 Å². The van der Waals surface area contributed by atoms with E-state index in [0.29, 0.717) is 23.2 Å². The van der Waals surface area contributed by atoms with Crippen LogP contribution in [0.5, 0.6) is 0 Å². The summed E-state index contributed by atoms with van der Waals surface area (Å²) < 4.78 is 13.8. The van der Waals surface area contributed by atoms with Crippen LogP contribution in [0.25, 0.3) is 0 Å². The van der Waals surface area contributed by atoms with Gasteiger partial charge in [-0.1, -0.05) is 13.3 Å². The van der Waals surface area contributed by atoms with E-state index >= 15 is 0 Å². The van der Waals surface area contributed by atoms with Gasteiger partial charge in [-0.25, -0.2) is 4.39 Å². The smallest absolute Gasteiger partial charge is 0.252 e. The maximum atomic E-state index is 13.5. The predicted octanol–water partition coefficient (Wildman–Crippen LogP) is 4.18. The van der Waals surface area contributed by atoms with Crippen LogP contribution in [0.2, 0.25) is 0 Å². The van der Waals surface area contributed by atoms with Crippen molar-refractivity contribution in [2.75, 3.05) is 0 Å². The number of amides is 1. The lowest BCUT2D eigenvalue weighted by molar-refractivity contribution is 0.0890. The van der Waals surface area contributed by atoms with Crippen molar-refractivity contribution in [2.24, 2.45) is 5.92 Å². The van der Waals surface area contributed by atoms with E-state index in [-0.39, 0.29) is 5.56 Å². The first-order valence-corrected chi connectivity index (χ1v) is 7.98. The first-order chi connectivity index (χ1) is 9.99. The summed E-state index contributed by atoms with van der Waals surface area (Å²) in [6, 6.07) is 6.48. The number of benzene rings is 1. The van der Waals surface area contributed by atoms with Crippen LogP contribution in [0.3, 0.4) is 0 Å². The maximum absolute atomic E-state index is 13.5. The minimum atomic E-state index is -0.813. The number of carbonyl (C=O) groups is 1. The molecule has 1 aliphatic rings. The molecule has 3 nitrogen and oxygen atoms in total. The largest absolute Gasteiger partial charge is 0.334 e. The van der Waals surface area contributed by atoms with Crippen LogP contribution < -0.4 is 5.32 Å². The van der Waals surface area contributed by atoms with Gasteiger partial charge in [0.1, 0.15) is 11.4 Å². The molecule has 1 aromatic carbocycles. The SMILES string of the molecule is CCC1CCC(C#N)(NC(=O)c2ccc(Br)c(F)c2)CC1. The molecule has 0 radical (unpaired) electrons. The van der Waals surface area contributed by atoms with E-state index in [0.717, 1.165) is 19.3 Å². The number of nitriles is 1. The van der Waals surface area contributed by atoms with Crippen LogP contribution in [0.1, 0.15) is 49.4 Å². The van der Waals surface area contributed by atoms with Crippen molar-refractivity contribution in [2.45, 2.75) is 44.6 Å². The van der Waals surface area contributed by atoms with E-state index < -0.39 is 17.3 Å². The van der Waals surface area contributed by atoms with Crippen LogP contribution in [0.4, 0.5) is 4.39 Å². The van der Waals surface area contributed by atoms with Gasteiger partial charge in [0.05, 0.1) is 10.5 Å². The Labute approximate surface area is 132 Å². The molecular formula is C16H18BrFN2O. The monoisotopic (exact) mass is 352 g/mol. The van der Waals surface area contributed by atoms with Gasteiger partial charge in [0.25, 0.3) is 5.91 Å². The molecule has 1 N–H and O–H groups in total. The molecular weight excluding hydrogens is 335 g/mol. The summed E-state index contributed by atoms with van der Waals surface area (Å²) in [5.74, 6) is -0.241. The fraction of sp³-hybridized carbons (Fsp3) is 0.500. The Balaban J connectivity index is 2.10. The zero-order valence-electron chi connectivity index (χ0n) is 12.0. The van der Waals surface area contributed by atoms with E-state index in [1.54, 1.807) is 6.07 Å². The van der Waals surface area contributed by atoms with Crippen molar-refractivity contribution in [1.29, 1.82) is 5.26 Å². The van der Waals surface area contributed by atoms with Gasteiger partial charge in [0.2, 0.25) is 0 Å². The summed E-state index contributed by atoms with van der Waals surface area (Å²) in [4.78, 5) is 12.2. The summed E-state index contributed by atoms with van der Waals surface area (Å²) in [5, 5.41) is 12.3. The van der Waals surface area contributed by atoms with Gasteiger partial charge in [0, 0.05) is 5.56 Å². The number of nitrogens with zero attached hydrogens (tertiary/aromatic N) is 1. The molecule has 0 bridgehead atoms. The Morgan fingerprint density at radius 1 is 1.52 bits per heavy atom. The van der Waals surface area contributed by atoms with Crippen molar-refractivity contribution in [3.8, 4) is 6.07 Å². The normalized spacial score (nSPS) is 25.1. The fourth-order valence-electron chi connectivity index (χ4n) is 2.77. The summed E-state index contributed by atoms with van der Waals surface area (Å²) in [6.45, 7) is 2.15. The Hall–Kier alpha value is -1.41. The molecule has 1 saturated carbocycles. The molecule has 112 valence electrons. The quantitative estimate of drug-likeness (QED) is 0.886. The summed E-state index contributed by atoms with van der Waals surface area (Å²) in [6.07, 6.45) is 4.31. The Morgan fingerprint density at radius 2 is 2.19 bits per heavy atom. The molecule has 1 aromatic rings. The highest BCUT2D eigenvalue weighted by atomic mass is 79.9. The fourth-order valence-corrected chi connectivity index (χ4v) is 3.02. The van der Waals surface area contributed by atoms with Gasteiger partial charge in [-0.05, 0) is 65.7 Å². The van der Waals surface area contributed by atoms with Crippen LogP contribution in [-0.2, 0) is 0 Å². The van der Waals surface area contributed by atoms with Crippen molar-refractivity contribution >= 4 is 21.8 Å². The van der Waals surface area contributed by atoms with Crippen LogP contribution >= 0.6 is 15.9 Å². The van der Waals surface area contributed by atoms with Gasteiger partial charge in [-0.3, -0.25) is 4.79 Å². The highest BCUT2D eigenvalue weighted by molar-refractivity contribution is 9.10. The number of halogens is 2. The molecule has 0 saturated heterocycles. The number of carbonyl (C=O) groups excluding carboxylic acids is 1. The molecule has 5 heteroatoms. The Kier molecular flexibility index (Phi) is 5.00. The van der Waals surface area contributed by atoms with Crippen molar-refractivity contribution < 1.29 is 9.18 Å². The highest BCUT2D eigenvalue weighted by Gasteiger charge is 2.36. The Morgan fingerprint density at radius 3 is 2.71 bits per heavy atom. The second-order valence-corrected chi connectivity index (χ2v) is 6.48. The summed E-state index contributed by atoms with van der Waals surface area (Å²) in [5.41, 5.74) is -0.574. The molecule has 0 aliphatic heterocycles. The van der Waals surface area contributed by atoms with Crippen molar-refractivity contribution in [3.63, 3.8) is 0 Å². The lowest BCUT2D eigenvalue weighted by Crippen LogP contribution is -2.49.